The van der Waals surface area contributed by atoms with Crippen LogP contribution in [0.4, 0.5) is 4.79 Å². The second-order valence-corrected chi connectivity index (χ2v) is 5.84. The zero-order chi connectivity index (χ0) is 21.3. The molecular formula is C17H27NO10. The molecule has 28 heavy (non-hydrogen) atoms. The maximum atomic E-state index is 12.0. The third kappa shape index (κ3) is 7.31. The monoisotopic (exact) mass is 405 g/mol. The number of rotatable bonds is 8. The van der Waals surface area contributed by atoms with Gasteiger partial charge in [0.05, 0.1) is 6.61 Å². The van der Waals surface area contributed by atoms with E-state index in [4.69, 9.17) is 28.4 Å². The molecule has 0 spiro atoms. The molecular weight excluding hydrogens is 378 g/mol. The summed E-state index contributed by atoms with van der Waals surface area (Å²) in [4.78, 5) is 46.4. The molecule has 1 fully saturated rings. The van der Waals surface area contributed by atoms with Crippen molar-refractivity contribution in [3.05, 3.63) is 0 Å². The molecule has 0 aromatic carbocycles. The highest BCUT2D eigenvalue weighted by Crippen LogP contribution is 2.28. The zero-order valence-corrected chi connectivity index (χ0v) is 16.6. The molecule has 1 saturated heterocycles. The fourth-order valence-electron chi connectivity index (χ4n) is 2.67. The SMILES string of the molecule is CCOC(=O)N[C@@H]1[C@@H](OCC)O[C@H](COC(C)=O)[C@H](OC(C)=O)[C@H]1OC(C)=O. The maximum absolute atomic E-state index is 12.0. The molecule has 160 valence electrons. The second-order valence-electron chi connectivity index (χ2n) is 5.84. The number of hydrogen-bond acceptors (Lipinski definition) is 10. The van der Waals surface area contributed by atoms with Crippen molar-refractivity contribution in [1.29, 1.82) is 0 Å². The van der Waals surface area contributed by atoms with E-state index in [1.165, 1.54) is 13.8 Å². The maximum Gasteiger partial charge on any atom is 0.407 e. The number of esters is 3. The Morgan fingerprint density at radius 3 is 1.96 bits per heavy atom. The Morgan fingerprint density at radius 2 is 1.46 bits per heavy atom. The number of carbonyl (C=O) groups is 4. The Morgan fingerprint density at radius 1 is 0.857 bits per heavy atom. The van der Waals surface area contributed by atoms with Gasteiger partial charge in [0.2, 0.25) is 0 Å². The first kappa shape index (κ1) is 23.6. The van der Waals surface area contributed by atoms with Gasteiger partial charge in [0.15, 0.2) is 18.5 Å². The zero-order valence-electron chi connectivity index (χ0n) is 16.6. The van der Waals surface area contributed by atoms with E-state index in [0.29, 0.717) is 0 Å². The molecule has 0 bridgehead atoms. The Hall–Kier alpha value is -2.40. The van der Waals surface area contributed by atoms with E-state index >= 15 is 0 Å². The summed E-state index contributed by atoms with van der Waals surface area (Å²) in [6.45, 7) is 6.90. The molecule has 5 atom stereocenters. The van der Waals surface area contributed by atoms with Gasteiger partial charge in [0.1, 0.15) is 18.8 Å². The fraction of sp³-hybridized carbons (Fsp3) is 0.765. The van der Waals surface area contributed by atoms with Crippen LogP contribution in [-0.2, 0) is 42.8 Å². The van der Waals surface area contributed by atoms with Crippen LogP contribution in [0.25, 0.3) is 0 Å². The van der Waals surface area contributed by atoms with Crippen molar-refractivity contribution in [3.63, 3.8) is 0 Å². The Bertz CT molecular complexity index is 566. The van der Waals surface area contributed by atoms with Crippen LogP contribution in [0, 0.1) is 0 Å². The standard InChI is InChI=1S/C17H27NO10/c1-6-23-16-13(18-17(22)24-7-2)15(27-11(5)21)14(26-10(4)20)12(28-16)8-25-9(3)19/h12-16H,6-8H2,1-5H3,(H,18,22)/t12-,13+,14+,15+,16+/m1/s1. The number of carbonyl (C=O) groups excluding carboxylic acids is 4. The van der Waals surface area contributed by atoms with Gasteiger partial charge in [-0.3, -0.25) is 14.4 Å². The fourth-order valence-corrected chi connectivity index (χ4v) is 2.67. The number of nitrogens with one attached hydrogen (secondary N) is 1. The number of amides is 1. The van der Waals surface area contributed by atoms with Crippen LogP contribution in [-0.4, -0.2) is 74.5 Å². The van der Waals surface area contributed by atoms with Gasteiger partial charge in [0, 0.05) is 27.4 Å². The predicted molar refractivity (Wildman–Crippen MR) is 92.0 cm³/mol. The average Bonchev–Trinajstić information content (AvgIpc) is 2.58. The van der Waals surface area contributed by atoms with Gasteiger partial charge in [-0.15, -0.1) is 0 Å². The first-order chi connectivity index (χ1) is 13.2. The van der Waals surface area contributed by atoms with E-state index in [1.807, 2.05) is 0 Å². The van der Waals surface area contributed by atoms with Crippen LogP contribution in [0.15, 0.2) is 0 Å². The van der Waals surface area contributed by atoms with Crippen LogP contribution < -0.4 is 5.32 Å². The normalized spacial score (nSPS) is 26.7. The van der Waals surface area contributed by atoms with Crippen LogP contribution in [0.3, 0.4) is 0 Å². The van der Waals surface area contributed by atoms with Gasteiger partial charge in [-0.05, 0) is 13.8 Å². The van der Waals surface area contributed by atoms with Crippen LogP contribution in [0.1, 0.15) is 34.6 Å². The average molecular weight is 405 g/mol. The van der Waals surface area contributed by atoms with Crippen molar-refractivity contribution in [2.75, 3.05) is 19.8 Å². The molecule has 11 nitrogen and oxygen atoms in total. The topological polar surface area (TPSA) is 136 Å². The van der Waals surface area contributed by atoms with E-state index in [2.05, 4.69) is 5.32 Å². The summed E-state index contributed by atoms with van der Waals surface area (Å²) in [6, 6.07) is -1.04. The molecule has 1 aliphatic rings. The van der Waals surface area contributed by atoms with E-state index in [9.17, 15) is 19.2 Å². The summed E-state index contributed by atoms with van der Waals surface area (Å²) < 4.78 is 31.7. The lowest BCUT2D eigenvalue weighted by atomic mass is 9.96. The summed E-state index contributed by atoms with van der Waals surface area (Å²) in [5, 5.41) is 2.51. The molecule has 0 saturated carbocycles. The van der Waals surface area contributed by atoms with Gasteiger partial charge in [-0.2, -0.15) is 0 Å². The lowest BCUT2D eigenvalue weighted by Crippen LogP contribution is -2.66. The predicted octanol–water partition coefficient (Wildman–Crippen LogP) is 0.289. The van der Waals surface area contributed by atoms with E-state index in [0.717, 1.165) is 6.92 Å². The first-order valence-electron chi connectivity index (χ1n) is 8.87. The van der Waals surface area contributed by atoms with Gasteiger partial charge in [-0.1, -0.05) is 0 Å². The Balaban J connectivity index is 3.23. The lowest BCUT2D eigenvalue weighted by molar-refractivity contribution is -0.276. The summed E-state index contributed by atoms with van der Waals surface area (Å²) in [5.74, 6) is -1.93. The van der Waals surface area contributed by atoms with E-state index in [-0.39, 0.29) is 19.8 Å². The molecule has 1 heterocycles. The van der Waals surface area contributed by atoms with Crippen LogP contribution in [0.2, 0.25) is 0 Å². The highest BCUT2D eigenvalue weighted by atomic mass is 16.7. The summed E-state index contributed by atoms with van der Waals surface area (Å²) in [5.41, 5.74) is 0. The molecule has 1 amide bonds. The largest absolute Gasteiger partial charge is 0.463 e. The van der Waals surface area contributed by atoms with E-state index in [1.54, 1.807) is 13.8 Å². The van der Waals surface area contributed by atoms with Crippen LogP contribution >= 0.6 is 0 Å². The molecule has 1 rings (SSSR count). The highest BCUT2D eigenvalue weighted by Gasteiger charge is 2.51. The Kier molecular flexibility index (Phi) is 9.66. The van der Waals surface area contributed by atoms with Crippen molar-refractivity contribution in [2.45, 2.75) is 65.3 Å². The van der Waals surface area contributed by atoms with Gasteiger partial charge in [0.25, 0.3) is 0 Å². The van der Waals surface area contributed by atoms with Gasteiger partial charge in [-0.25, -0.2) is 4.79 Å². The van der Waals surface area contributed by atoms with Crippen molar-refractivity contribution in [3.8, 4) is 0 Å². The number of ether oxygens (including phenoxy) is 6. The van der Waals surface area contributed by atoms with Gasteiger partial charge >= 0.3 is 24.0 Å². The van der Waals surface area contributed by atoms with Crippen molar-refractivity contribution < 1.29 is 47.6 Å². The second kappa shape index (κ2) is 11.4. The van der Waals surface area contributed by atoms with E-state index < -0.39 is 54.6 Å². The van der Waals surface area contributed by atoms with Crippen molar-refractivity contribution in [1.82, 2.24) is 5.32 Å². The molecule has 0 aliphatic carbocycles. The molecule has 1 aliphatic heterocycles. The molecule has 0 aromatic heterocycles. The number of alkyl carbamates (subject to hydrolysis) is 1. The summed E-state index contributed by atoms with van der Waals surface area (Å²) in [7, 11) is 0. The highest BCUT2D eigenvalue weighted by molar-refractivity contribution is 5.69. The minimum atomic E-state index is -1.17. The van der Waals surface area contributed by atoms with Crippen molar-refractivity contribution in [2.24, 2.45) is 0 Å². The van der Waals surface area contributed by atoms with Crippen molar-refractivity contribution >= 4 is 24.0 Å². The quantitative estimate of drug-likeness (QED) is 0.443. The minimum absolute atomic E-state index is 0.111. The molecule has 0 unspecified atom stereocenters. The number of hydrogen-bond donors (Lipinski definition) is 1. The molecule has 0 aromatic rings. The van der Waals surface area contributed by atoms with Gasteiger partial charge < -0.3 is 33.7 Å². The lowest BCUT2D eigenvalue weighted by Gasteiger charge is -2.44. The summed E-state index contributed by atoms with van der Waals surface area (Å²) >= 11 is 0. The smallest absolute Gasteiger partial charge is 0.407 e. The minimum Gasteiger partial charge on any atom is -0.463 e. The Labute approximate surface area is 162 Å². The first-order valence-corrected chi connectivity index (χ1v) is 8.87. The molecule has 0 radical (unpaired) electrons. The third-order valence-corrected chi connectivity index (χ3v) is 3.59. The van der Waals surface area contributed by atoms with Crippen LogP contribution in [0.5, 0.6) is 0 Å². The molecule has 11 heteroatoms. The third-order valence-electron chi connectivity index (χ3n) is 3.59. The summed E-state index contributed by atoms with van der Waals surface area (Å²) in [6.07, 6.45) is -5.20. The molecule has 1 N–H and O–H groups in total.